The molecule has 0 N–H and O–H groups in total. The number of nitro benzene ring substituents is 1. The van der Waals surface area contributed by atoms with E-state index in [4.69, 9.17) is 9.15 Å². The predicted molar refractivity (Wildman–Crippen MR) is 133 cm³/mol. The molecule has 0 spiro atoms. The molecule has 37 heavy (non-hydrogen) atoms. The first-order chi connectivity index (χ1) is 17.6. The lowest BCUT2D eigenvalue weighted by molar-refractivity contribution is -0.384. The number of carbonyl (C=O) groups is 4. The summed E-state index contributed by atoms with van der Waals surface area (Å²) in [6.45, 7) is -0.109. The van der Waals surface area contributed by atoms with Gasteiger partial charge in [-0.25, -0.2) is 9.59 Å². The second-order valence-corrected chi connectivity index (χ2v) is 8.88. The average Bonchev–Trinajstić information content (AvgIpc) is 3.36. The number of nitro groups is 1. The van der Waals surface area contributed by atoms with Crippen LogP contribution in [-0.4, -0.2) is 52.6 Å². The molecular formula is C25H18BrN3O8. The Bertz CT molecular complexity index is 1450. The van der Waals surface area contributed by atoms with E-state index < -0.39 is 28.7 Å². The number of halogens is 1. The fourth-order valence-corrected chi connectivity index (χ4v) is 3.89. The van der Waals surface area contributed by atoms with E-state index in [-0.39, 0.29) is 35.0 Å². The number of likely N-dealkylation sites (N-methyl/N-ethyl adjacent to an activating group) is 2. The normalized spacial score (nSPS) is 13.7. The Labute approximate surface area is 218 Å². The van der Waals surface area contributed by atoms with E-state index in [2.05, 4.69) is 15.9 Å². The van der Waals surface area contributed by atoms with Crippen molar-refractivity contribution in [3.05, 3.63) is 91.6 Å². The standard InChI is InChI=1S/C25H18BrN3O8/c1-27-22(30)20(23(31)28(2)25(27)33)12-17-8-10-21(37-17)18-9-5-15(26)11-19(18)24(32)36-13-14-3-6-16(7-4-14)29(34)35/h3-12H,13H2,1-2H3. The Kier molecular flexibility index (Phi) is 7.02. The monoisotopic (exact) mass is 567 g/mol. The van der Waals surface area contributed by atoms with E-state index in [0.717, 1.165) is 9.80 Å². The second-order valence-electron chi connectivity index (χ2n) is 7.96. The van der Waals surface area contributed by atoms with Gasteiger partial charge in [-0.15, -0.1) is 0 Å². The molecule has 188 valence electrons. The molecule has 3 aromatic rings. The van der Waals surface area contributed by atoms with Crippen LogP contribution in [0.2, 0.25) is 0 Å². The Balaban J connectivity index is 1.58. The molecule has 1 aromatic heterocycles. The lowest BCUT2D eigenvalue weighted by Crippen LogP contribution is -2.52. The predicted octanol–water partition coefficient (Wildman–Crippen LogP) is 4.41. The van der Waals surface area contributed by atoms with Crippen molar-refractivity contribution in [1.29, 1.82) is 0 Å². The molecule has 0 bridgehead atoms. The minimum absolute atomic E-state index is 0.0746. The maximum Gasteiger partial charge on any atom is 0.339 e. The van der Waals surface area contributed by atoms with Crippen LogP contribution in [0.3, 0.4) is 0 Å². The van der Waals surface area contributed by atoms with Crippen LogP contribution in [-0.2, 0) is 20.9 Å². The van der Waals surface area contributed by atoms with Gasteiger partial charge in [0.15, 0.2) is 0 Å². The Morgan fingerprint density at radius 2 is 1.68 bits per heavy atom. The van der Waals surface area contributed by atoms with Crippen molar-refractivity contribution in [2.45, 2.75) is 6.61 Å². The summed E-state index contributed by atoms with van der Waals surface area (Å²) in [7, 11) is 2.54. The van der Waals surface area contributed by atoms with Gasteiger partial charge in [0.05, 0.1) is 10.5 Å². The van der Waals surface area contributed by atoms with Crippen molar-refractivity contribution in [2.24, 2.45) is 0 Å². The van der Waals surface area contributed by atoms with Gasteiger partial charge in [-0.05, 0) is 54.1 Å². The SMILES string of the molecule is CN1C(=O)C(=Cc2ccc(-c3ccc(Br)cc3C(=O)OCc3ccc([N+](=O)[O-])cc3)o2)C(=O)N(C)C1=O. The number of ether oxygens (including phenoxy) is 1. The molecule has 2 aromatic carbocycles. The number of hydrogen-bond acceptors (Lipinski definition) is 8. The highest BCUT2D eigenvalue weighted by atomic mass is 79.9. The molecule has 2 heterocycles. The largest absolute Gasteiger partial charge is 0.457 e. The van der Waals surface area contributed by atoms with Crippen LogP contribution in [0.4, 0.5) is 10.5 Å². The number of nitrogens with zero attached hydrogens (tertiary/aromatic N) is 3. The van der Waals surface area contributed by atoms with Gasteiger partial charge < -0.3 is 9.15 Å². The average molecular weight is 568 g/mol. The van der Waals surface area contributed by atoms with Gasteiger partial charge >= 0.3 is 12.0 Å². The summed E-state index contributed by atoms with van der Waals surface area (Å²) < 4.78 is 11.8. The van der Waals surface area contributed by atoms with E-state index in [9.17, 15) is 29.3 Å². The minimum atomic E-state index is -0.759. The van der Waals surface area contributed by atoms with Gasteiger partial charge in [-0.3, -0.25) is 29.5 Å². The highest BCUT2D eigenvalue weighted by Gasteiger charge is 2.38. The molecule has 0 radical (unpaired) electrons. The smallest absolute Gasteiger partial charge is 0.339 e. The first kappa shape index (κ1) is 25.5. The van der Waals surface area contributed by atoms with Gasteiger partial charge in [0.25, 0.3) is 17.5 Å². The second kappa shape index (κ2) is 10.2. The number of carbonyl (C=O) groups excluding carboxylic acids is 4. The zero-order valence-corrected chi connectivity index (χ0v) is 21.1. The van der Waals surface area contributed by atoms with Crippen molar-refractivity contribution >= 4 is 51.5 Å². The van der Waals surface area contributed by atoms with Gasteiger partial charge in [-0.2, -0.15) is 0 Å². The molecule has 0 atom stereocenters. The molecule has 11 nitrogen and oxygen atoms in total. The summed E-state index contributed by atoms with van der Waals surface area (Å²) in [5.74, 6) is -1.74. The van der Waals surface area contributed by atoms with Gasteiger partial charge in [0, 0.05) is 36.3 Å². The first-order valence-corrected chi connectivity index (χ1v) is 11.5. The summed E-state index contributed by atoms with van der Waals surface area (Å²) in [5, 5.41) is 10.8. The number of hydrogen-bond donors (Lipinski definition) is 0. The maximum absolute atomic E-state index is 12.9. The number of imide groups is 2. The summed E-state index contributed by atoms with van der Waals surface area (Å²) >= 11 is 3.33. The van der Waals surface area contributed by atoms with Crippen LogP contribution in [0.25, 0.3) is 17.4 Å². The van der Waals surface area contributed by atoms with Crippen LogP contribution < -0.4 is 0 Å². The number of barbiturate groups is 1. The fourth-order valence-electron chi connectivity index (χ4n) is 3.53. The molecule has 1 aliphatic rings. The first-order valence-electron chi connectivity index (χ1n) is 10.7. The summed E-state index contributed by atoms with van der Waals surface area (Å²) in [5.41, 5.74) is 0.822. The molecule has 0 saturated carbocycles. The Hall–Kier alpha value is -4.58. The summed E-state index contributed by atoms with van der Waals surface area (Å²) in [6.07, 6.45) is 1.24. The fraction of sp³-hybridized carbons (Fsp3) is 0.120. The van der Waals surface area contributed by atoms with E-state index in [1.54, 1.807) is 24.3 Å². The number of esters is 1. The topological polar surface area (TPSA) is 140 Å². The van der Waals surface area contributed by atoms with Crippen molar-refractivity contribution in [1.82, 2.24) is 9.80 Å². The van der Waals surface area contributed by atoms with Crippen molar-refractivity contribution in [3.8, 4) is 11.3 Å². The molecule has 1 aliphatic heterocycles. The third-order valence-electron chi connectivity index (χ3n) is 5.54. The molecule has 1 saturated heterocycles. The zero-order valence-electron chi connectivity index (χ0n) is 19.5. The Morgan fingerprint density at radius 1 is 1.03 bits per heavy atom. The molecule has 12 heteroatoms. The third kappa shape index (κ3) is 5.19. The van der Waals surface area contributed by atoms with Crippen LogP contribution in [0.5, 0.6) is 0 Å². The van der Waals surface area contributed by atoms with Crippen LogP contribution in [0, 0.1) is 10.1 Å². The van der Waals surface area contributed by atoms with Crippen molar-refractivity contribution in [3.63, 3.8) is 0 Å². The van der Waals surface area contributed by atoms with Crippen LogP contribution in [0.1, 0.15) is 21.7 Å². The molecule has 4 rings (SSSR count). The van der Waals surface area contributed by atoms with Gasteiger partial charge in [0.2, 0.25) is 0 Å². The molecular weight excluding hydrogens is 550 g/mol. The molecule has 4 amide bonds. The molecule has 0 unspecified atom stereocenters. The van der Waals surface area contributed by atoms with E-state index >= 15 is 0 Å². The van der Waals surface area contributed by atoms with Crippen molar-refractivity contribution < 1.29 is 33.3 Å². The zero-order chi connectivity index (χ0) is 26.9. The number of non-ortho nitro benzene ring substituents is 1. The molecule has 1 fully saturated rings. The number of benzene rings is 2. The number of furan rings is 1. The molecule has 0 aliphatic carbocycles. The van der Waals surface area contributed by atoms with Crippen LogP contribution in [0.15, 0.2) is 69.1 Å². The van der Waals surface area contributed by atoms with E-state index in [0.29, 0.717) is 15.6 Å². The van der Waals surface area contributed by atoms with E-state index in [1.165, 1.54) is 50.5 Å². The summed E-state index contributed by atoms with van der Waals surface area (Å²) in [4.78, 5) is 61.7. The quantitative estimate of drug-likeness (QED) is 0.140. The van der Waals surface area contributed by atoms with E-state index in [1.807, 2.05) is 0 Å². The number of amides is 4. The summed E-state index contributed by atoms with van der Waals surface area (Å²) in [6, 6.07) is 12.9. The lowest BCUT2D eigenvalue weighted by Gasteiger charge is -2.28. The van der Waals surface area contributed by atoms with Gasteiger partial charge in [0.1, 0.15) is 23.7 Å². The number of rotatable bonds is 6. The maximum atomic E-state index is 12.9. The third-order valence-corrected chi connectivity index (χ3v) is 6.03. The van der Waals surface area contributed by atoms with Crippen LogP contribution >= 0.6 is 15.9 Å². The van der Waals surface area contributed by atoms with Crippen molar-refractivity contribution in [2.75, 3.05) is 14.1 Å². The highest BCUT2D eigenvalue weighted by Crippen LogP contribution is 2.30. The minimum Gasteiger partial charge on any atom is -0.457 e. The van der Waals surface area contributed by atoms with Gasteiger partial charge in [-0.1, -0.05) is 15.9 Å². The Morgan fingerprint density at radius 3 is 2.30 bits per heavy atom. The lowest BCUT2D eigenvalue weighted by atomic mass is 10.1. The highest BCUT2D eigenvalue weighted by molar-refractivity contribution is 9.10. The number of urea groups is 1.